The van der Waals surface area contributed by atoms with Crippen molar-refractivity contribution >= 4 is 33.5 Å². The Balaban J connectivity index is 1.78. The number of halogens is 5. The quantitative estimate of drug-likeness (QED) is 0.531. The number of hydrogen-bond acceptors (Lipinski definition) is 4. The van der Waals surface area contributed by atoms with Gasteiger partial charge in [0.1, 0.15) is 17.6 Å². The minimum absolute atomic E-state index is 0.101. The van der Waals surface area contributed by atoms with E-state index in [0.29, 0.717) is 19.6 Å². The maximum absolute atomic E-state index is 12.7. The van der Waals surface area contributed by atoms with Crippen molar-refractivity contribution in [3.8, 4) is 11.5 Å². The van der Waals surface area contributed by atoms with E-state index in [-0.39, 0.29) is 32.7 Å². The lowest BCUT2D eigenvalue weighted by molar-refractivity contribution is -0.137. The van der Waals surface area contributed by atoms with E-state index in [1.165, 1.54) is 24.3 Å². The summed E-state index contributed by atoms with van der Waals surface area (Å²) in [6.45, 7) is 0.856. The van der Waals surface area contributed by atoms with Crippen molar-refractivity contribution in [3.63, 3.8) is 0 Å². The Morgan fingerprint density at radius 1 is 1.22 bits per heavy atom. The third-order valence-corrected chi connectivity index (χ3v) is 4.76. The average Bonchev–Trinajstić information content (AvgIpc) is 3.10. The van der Waals surface area contributed by atoms with Crippen molar-refractivity contribution < 1.29 is 32.2 Å². The molecule has 1 saturated heterocycles. The van der Waals surface area contributed by atoms with Crippen LogP contribution in [0.25, 0.3) is 0 Å². The van der Waals surface area contributed by atoms with Crippen LogP contribution in [0.1, 0.15) is 22.3 Å². The van der Waals surface area contributed by atoms with Crippen LogP contribution in [0.2, 0.25) is 5.02 Å². The highest BCUT2D eigenvalue weighted by molar-refractivity contribution is 9.10. The topological polar surface area (TPSA) is 44.8 Å². The Morgan fingerprint density at radius 2 is 2.00 bits per heavy atom. The van der Waals surface area contributed by atoms with Crippen molar-refractivity contribution in [2.45, 2.75) is 18.7 Å². The Morgan fingerprint density at radius 3 is 2.63 bits per heavy atom. The minimum Gasteiger partial charge on any atom is -0.456 e. The van der Waals surface area contributed by atoms with Crippen LogP contribution in [-0.4, -0.2) is 25.3 Å². The maximum atomic E-state index is 12.7. The van der Waals surface area contributed by atoms with Gasteiger partial charge in [-0.25, -0.2) is 4.79 Å². The van der Waals surface area contributed by atoms with E-state index < -0.39 is 17.7 Å². The fourth-order valence-corrected chi connectivity index (χ4v) is 3.09. The van der Waals surface area contributed by atoms with Gasteiger partial charge in [0.2, 0.25) is 0 Å². The van der Waals surface area contributed by atoms with Crippen molar-refractivity contribution in [3.05, 3.63) is 57.0 Å². The van der Waals surface area contributed by atoms with Crippen LogP contribution >= 0.6 is 27.5 Å². The normalized spacial score (nSPS) is 17.0. The zero-order chi connectivity index (χ0) is 19.6. The zero-order valence-electron chi connectivity index (χ0n) is 13.7. The number of benzene rings is 2. The molecule has 0 bridgehead atoms. The van der Waals surface area contributed by atoms with Crippen molar-refractivity contribution in [1.82, 2.24) is 0 Å². The molecule has 0 aromatic heterocycles. The molecule has 1 heterocycles. The summed E-state index contributed by atoms with van der Waals surface area (Å²) in [5, 5.41) is 0.178. The molecule has 0 amide bonds. The van der Waals surface area contributed by atoms with Gasteiger partial charge < -0.3 is 14.2 Å². The molecule has 144 valence electrons. The summed E-state index contributed by atoms with van der Waals surface area (Å²) in [5.41, 5.74) is -0.704. The molecule has 3 rings (SSSR count). The Kier molecular flexibility index (Phi) is 5.98. The number of rotatable bonds is 4. The predicted octanol–water partition coefficient (Wildman–Crippen LogP) is 5.86. The lowest BCUT2D eigenvalue weighted by Gasteiger charge is -2.14. The molecule has 0 spiro atoms. The molecule has 4 nitrogen and oxygen atoms in total. The van der Waals surface area contributed by atoms with Gasteiger partial charge in [-0.15, -0.1) is 0 Å². The summed E-state index contributed by atoms with van der Waals surface area (Å²) in [6, 6.07) is 7.35. The van der Waals surface area contributed by atoms with Crippen molar-refractivity contribution in [2.24, 2.45) is 0 Å². The standard InChI is InChI=1S/C18H13BrClF3O4/c19-14-7-10(18(21,22)23)1-4-16(14)26-11-2-3-15(20)13(8-11)17(24)27-12-5-6-25-9-12/h1-4,7-8,12H,5-6,9H2. The molecule has 0 saturated carbocycles. The van der Waals surface area contributed by atoms with Crippen LogP contribution < -0.4 is 4.74 Å². The third-order valence-electron chi connectivity index (χ3n) is 3.81. The molecule has 0 aliphatic carbocycles. The molecule has 2 aromatic carbocycles. The van der Waals surface area contributed by atoms with E-state index in [1.54, 1.807) is 0 Å². The average molecular weight is 466 g/mol. The molecule has 27 heavy (non-hydrogen) atoms. The number of carbonyl (C=O) groups excluding carboxylic acids is 1. The SMILES string of the molecule is O=C(OC1CCOC1)c1cc(Oc2ccc(C(F)(F)F)cc2Br)ccc1Cl. The number of ether oxygens (including phenoxy) is 3. The lowest BCUT2D eigenvalue weighted by Crippen LogP contribution is -2.18. The van der Waals surface area contributed by atoms with Gasteiger partial charge in [-0.1, -0.05) is 11.6 Å². The van der Waals surface area contributed by atoms with Gasteiger partial charge in [0.15, 0.2) is 0 Å². The number of esters is 1. The van der Waals surface area contributed by atoms with Gasteiger partial charge in [0, 0.05) is 6.42 Å². The summed E-state index contributed by atoms with van der Waals surface area (Å²) in [5.74, 6) is -0.226. The van der Waals surface area contributed by atoms with Crippen molar-refractivity contribution in [2.75, 3.05) is 13.2 Å². The van der Waals surface area contributed by atoms with E-state index in [2.05, 4.69) is 15.9 Å². The predicted molar refractivity (Wildman–Crippen MR) is 95.3 cm³/mol. The summed E-state index contributed by atoms with van der Waals surface area (Å²) in [6.07, 6.45) is -4.18. The summed E-state index contributed by atoms with van der Waals surface area (Å²) in [7, 11) is 0. The van der Waals surface area contributed by atoms with Crippen LogP contribution in [0.3, 0.4) is 0 Å². The number of hydrogen-bond donors (Lipinski definition) is 0. The zero-order valence-corrected chi connectivity index (χ0v) is 16.0. The van der Waals surface area contributed by atoms with Crippen LogP contribution in [-0.2, 0) is 15.7 Å². The lowest BCUT2D eigenvalue weighted by atomic mass is 10.2. The van der Waals surface area contributed by atoms with Gasteiger partial charge in [0.25, 0.3) is 0 Å². The van der Waals surface area contributed by atoms with E-state index >= 15 is 0 Å². The molecule has 1 atom stereocenters. The molecular formula is C18H13BrClF3O4. The van der Waals surface area contributed by atoms with Gasteiger partial charge in [-0.05, 0) is 52.3 Å². The monoisotopic (exact) mass is 464 g/mol. The molecular weight excluding hydrogens is 453 g/mol. The second kappa shape index (κ2) is 8.08. The highest BCUT2D eigenvalue weighted by Gasteiger charge is 2.31. The first kappa shape index (κ1) is 20.0. The summed E-state index contributed by atoms with van der Waals surface area (Å²) < 4.78 is 54.4. The van der Waals surface area contributed by atoms with E-state index in [4.69, 9.17) is 25.8 Å². The number of carbonyl (C=O) groups is 1. The summed E-state index contributed by atoms with van der Waals surface area (Å²) in [4.78, 5) is 12.3. The Hall–Kier alpha value is -1.77. The van der Waals surface area contributed by atoms with Crippen molar-refractivity contribution in [1.29, 1.82) is 0 Å². The van der Waals surface area contributed by atoms with E-state index in [1.807, 2.05) is 0 Å². The molecule has 1 aliphatic heterocycles. The first-order valence-electron chi connectivity index (χ1n) is 7.87. The summed E-state index contributed by atoms with van der Waals surface area (Å²) >= 11 is 9.12. The molecule has 0 N–H and O–H groups in total. The Bertz CT molecular complexity index is 851. The molecule has 1 fully saturated rings. The molecule has 2 aromatic rings. The third kappa shape index (κ3) is 4.94. The van der Waals surface area contributed by atoms with Gasteiger partial charge >= 0.3 is 12.1 Å². The molecule has 0 radical (unpaired) electrons. The van der Waals surface area contributed by atoms with Gasteiger partial charge in [-0.3, -0.25) is 0 Å². The highest BCUT2D eigenvalue weighted by atomic mass is 79.9. The maximum Gasteiger partial charge on any atom is 0.416 e. The van der Waals surface area contributed by atoms with Crippen LogP contribution in [0.15, 0.2) is 40.9 Å². The molecule has 1 aliphatic rings. The number of alkyl halides is 3. The first-order chi connectivity index (χ1) is 12.7. The Labute approximate surface area is 166 Å². The minimum atomic E-state index is -4.46. The largest absolute Gasteiger partial charge is 0.456 e. The van der Waals surface area contributed by atoms with E-state index in [9.17, 15) is 18.0 Å². The van der Waals surface area contributed by atoms with Gasteiger partial charge in [-0.2, -0.15) is 13.2 Å². The molecule has 9 heteroatoms. The van der Waals surface area contributed by atoms with Crippen LogP contribution in [0, 0.1) is 0 Å². The second-order valence-electron chi connectivity index (χ2n) is 5.78. The fourth-order valence-electron chi connectivity index (χ4n) is 2.43. The first-order valence-corrected chi connectivity index (χ1v) is 9.04. The molecule has 1 unspecified atom stereocenters. The van der Waals surface area contributed by atoms with Crippen LogP contribution in [0.4, 0.5) is 13.2 Å². The van der Waals surface area contributed by atoms with E-state index in [0.717, 1.165) is 12.1 Å². The fraction of sp³-hybridized carbons (Fsp3) is 0.278. The smallest absolute Gasteiger partial charge is 0.416 e. The second-order valence-corrected chi connectivity index (χ2v) is 7.04. The van der Waals surface area contributed by atoms with Crippen LogP contribution in [0.5, 0.6) is 11.5 Å². The highest BCUT2D eigenvalue weighted by Crippen LogP contribution is 2.37. The van der Waals surface area contributed by atoms with Gasteiger partial charge in [0.05, 0.1) is 33.8 Å².